The number of hydrogen-bond donors (Lipinski definition) is 1. The van der Waals surface area contributed by atoms with Gasteiger partial charge in [0.2, 0.25) is 0 Å². The first-order chi connectivity index (χ1) is 14.0. The maximum atomic E-state index is 11.8. The van der Waals surface area contributed by atoms with Crippen LogP contribution >= 0.6 is 0 Å². The van der Waals surface area contributed by atoms with E-state index in [-0.39, 0.29) is 18.2 Å². The summed E-state index contributed by atoms with van der Waals surface area (Å²) in [5.74, 6) is 1.67. The molecule has 2 fully saturated rings. The smallest absolute Gasteiger partial charge is 0.407 e. The van der Waals surface area contributed by atoms with Crippen LogP contribution in [0, 0.1) is 13.8 Å². The maximum Gasteiger partial charge on any atom is 0.407 e. The zero-order valence-electron chi connectivity index (χ0n) is 16.8. The topological polar surface area (TPSA) is 91.4 Å². The van der Waals surface area contributed by atoms with Gasteiger partial charge < -0.3 is 23.9 Å². The summed E-state index contributed by atoms with van der Waals surface area (Å²) in [6.45, 7) is 4.26. The van der Waals surface area contributed by atoms with Gasteiger partial charge in [-0.1, -0.05) is 11.2 Å². The number of nitrogens with zero attached hydrogens (tertiary/aromatic N) is 3. The molecule has 1 aliphatic carbocycles. The van der Waals surface area contributed by atoms with Gasteiger partial charge in [-0.15, -0.1) is 0 Å². The molecule has 1 amide bonds. The molecule has 0 unspecified atom stereocenters. The number of imidazole rings is 1. The Morgan fingerprint density at radius 1 is 1.28 bits per heavy atom. The third-order valence-corrected chi connectivity index (χ3v) is 6.05. The van der Waals surface area contributed by atoms with Gasteiger partial charge in [-0.2, -0.15) is 0 Å². The lowest BCUT2D eigenvalue weighted by atomic mass is 9.88. The van der Waals surface area contributed by atoms with E-state index in [2.05, 4.69) is 33.2 Å². The summed E-state index contributed by atoms with van der Waals surface area (Å²) in [5.41, 5.74) is 4.87. The van der Waals surface area contributed by atoms with E-state index < -0.39 is 0 Å². The van der Waals surface area contributed by atoms with Crippen molar-refractivity contribution in [2.45, 2.75) is 51.3 Å². The predicted octanol–water partition coefficient (Wildman–Crippen LogP) is 3.83. The zero-order chi connectivity index (χ0) is 20.1. The van der Waals surface area contributed by atoms with E-state index in [9.17, 15) is 4.79 Å². The Hall–Kier alpha value is -2.87. The summed E-state index contributed by atoms with van der Waals surface area (Å²) < 4.78 is 18.1. The fourth-order valence-corrected chi connectivity index (χ4v) is 4.46. The second kappa shape index (κ2) is 6.88. The van der Waals surface area contributed by atoms with Crippen LogP contribution in [0.15, 0.2) is 22.7 Å². The van der Waals surface area contributed by atoms with Crippen molar-refractivity contribution in [2.24, 2.45) is 0 Å². The van der Waals surface area contributed by atoms with Crippen molar-refractivity contribution in [1.29, 1.82) is 0 Å². The highest BCUT2D eigenvalue weighted by Gasteiger charge is 2.36. The monoisotopic (exact) mass is 396 g/mol. The molecular formula is C21H24N4O4. The first-order valence-corrected chi connectivity index (χ1v) is 9.96. The lowest BCUT2D eigenvalue weighted by molar-refractivity contribution is 0.00574. The van der Waals surface area contributed by atoms with E-state index in [1.165, 1.54) is 0 Å². The van der Waals surface area contributed by atoms with Crippen LogP contribution in [0.4, 0.5) is 4.79 Å². The number of carbonyl (C=O) groups excluding carboxylic acids is 1. The second-order valence-electron chi connectivity index (χ2n) is 7.85. The van der Waals surface area contributed by atoms with E-state index in [0.29, 0.717) is 19.1 Å². The normalized spacial score (nSPS) is 24.2. The van der Waals surface area contributed by atoms with E-state index in [0.717, 1.165) is 52.3 Å². The molecule has 29 heavy (non-hydrogen) atoms. The summed E-state index contributed by atoms with van der Waals surface area (Å²) >= 11 is 0. The molecule has 0 bridgehead atoms. The van der Waals surface area contributed by atoms with Gasteiger partial charge in [0.05, 0.1) is 35.5 Å². The number of carbonyl (C=O) groups is 1. The lowest BCUT2D eigenvalue weighted by Gasteiger charge is -2.37. The molecule has 3 aromatic rings. The van der Waals surface area contributed by atoms with Gasteiger partial charge >= 0.3 is 6.09 Å². The van der Waals surface area contributed by atoms with E-state index in [4.69, 9.17) is 19.0 Å². The number of hydrogen-bond acceptors (Lipinski definition) is 6. The molecule has 2 aromatic heterocycles. The number of aromatic nitrogens is 3. The summed E-state index contributed by atoms with van der Waals surface area (Å²) in [5, 5.41) is 6.99. The molecule has 1 aliphatic heterocycles. The van der Waals surface area contributed by atoms with Crippen LogP contribution in [-0.2, 0) is 9.47 Å². The minimum atomic E-state index is -0.389. The Kier molecular flexibility index (Phi) is 4.31. The Morgan fingerprint density at radius 2 is 2.10 bits per heavy atom. The minimum Gasteiger partial charge on any atom is -0.449 e. The van der Waals surface area contributed by atoms with Gasteiger partial charge in [-0.3, -0.25) is 0 Å². The molecule has 8 nitrogen and oxygen atoms in total. The third kappa shape index (κ3) is 2.98. The summed E-state index contributed by atoms with van der Waals surface area (Å²) in [6, 6.07) is 6.42. The van der Waals surface area contributed by atoms with Crippen LogP contribution in [-0.4, -0.2) is 40.6 Å². The Balaban J connectivity index is 1.61. The van der Waals surface area contributed by atoms with Gasteiger partial charge in [-0.25, -0.2) is 9.78 Å². The SMILES string of the molecule is CO[C@H]1C[C@@H](n2c([C@@H]3CCOC(=O)N3)nc3cc(-c4c(C)noc4C)ccc32)C1. The van der Waals surface area contributed by atoms with Crippen LogP contribution in [0.1, 0.15) is 48.6 Å². The molecule has 8 heteroatoms. The van der Waals surface area contributed by atoms with Crippen LogP contribution in [0.25, 0.3) is 22.2 Å². The predicted molar refractivity (Wildman–Crippen MR) is 106 cm³/mol. The first kappa shape index (κ1) is 18.2. The van der Waals surface area contributed by atoms with Crippen molar-refractivity contribution in [3.63, 3.8) is 0 Å². The highest BCUT2D eigenvalue weighted by atomic mass is 16.6. The van der Waals surface area contributed by atoms with E-state index in [1.807, 2.05) is 13.8 Å². The van der Waals surface area contributed by atoms with Gasteiger partial charge in [0, 0.05) is 25.1 Å². The molecule has 0 radical (unpaired) electrons. The van der Waals surface area contributed by atoms with Crippen LogP contribution in [0.2, 0.25) is 0 Å². The number of aryl methyl sites for hydroxylation is 2. The number of methoxy groups -OCH3 is 1. The van der Waals surface area contributed by atoms with Crippen molar-refractivity contribution in [2.75, 3.05) is 13.7 Å². The second-order valence-corrected chi connectivity index (χ2v) is 7.85. The number of rotatable bonds is 4. The van der Waals surface area contributed by atoms with Crippen LogP contribution < -0.4 is 5.32 Å². The Bertz CT molecular complexity index is 1060. The molecule has 1 saturated carbocycles. The lowest BCUT2D eigenvalue weighted by Crippen LogP contribution is -2.39. The third-order valence-electron chi connectivity index (χ3n) is 6.05. The summed E-state index contributed by atoms with van der Waals surface area (Å²) in [6.07, 6.45) is 2.47. The standard InChI is InChI=1S/C21H24N4O4/c1-11-19(12(2)29-24-11)13-4-5-18-17(8-13)22-20(16-6-7-28-21(26)23-16)25(18)14-9-15(10-14)27-3/h4-5,8,14-16H,6-7,9-10H2,1-3H3,(H,23,26)/t14-,15+,16-/m0/s1. The highest BCUT2D eigenvalue weighted by molar-refractivity contribution is 5.84. The number of benzene rings is 1. The molecule has 1 atom stereocenters. The first-order valence-electron chi connectivity index (χ1n) is 9.96. The summed E-state index contributed by atoms with van der Waals surface area (Å²) in [7, 11) is 1.75. The van der Waals surface area contributed by atoms with Crippen molar-refractivity contribution in [3.8, 4) is 11.1 Å². The molecule has 1 saturated heterocycles. The van der Waals surface area contributed by atoms with E-state index >= 15 is 0 Å². The van der Waals surface area contributed by atoms with Gasteiger partial charge in [0.25, 0.3) is 0 Å². The fourth-order valence-electron chi connectivity index (χ4n) is 4.46. The average Bonchev–Trinajstić information content (AvgIpc) is 3.21. The molecule has 0 spiro atoms. The number of nitrogens with one attached hydrogen (secondary N) is 1. The Labute approximate surface area is 168 Å². The molecule has 2 aliphatic rings. The largest absolute Gasteiger partial charge is 0.449 e. The summed E-state index contributed by atoms with van der Waals surface area (Å²) in [4.78, 5) is 16.8. The Morgan fingerprint density at radius 3 is 2.79 bits per heavy atom. The maximum absolute atomic E-state index is 11.8. The highest BCUT2D eigenvalue weighted by Crippen LogP contribution is 2.40. The number of alkyl carbamates (subject to hydrolysis) is 1. The molecular weight excluding hydrogens is 372 g/mol. The number of amides is 1. The average molecular weight is 396 g/mol. The molecule has 152 valence electrons. The van der Waals surface area contributed by atoms with Crippen molar-refractivity contribution in [3.05, 3.63) is 35.5 Å². The van der Waals surface area contributed by atoms with Gasteiger partial charge in [0.1, 0.15) is 11.6 Å². The quantitative estimate of drug-likeness (QED) is 0.721. The minimum absolute atomic E-state index is 0.159. The zero-order valence-corrected chi connectivity index (χ0v) is 16.8. The van der Waals surface area contributed by atoms with Crippen LogP contribution in [0.3, 0.4) is 0 Å². The van der Waals surface area contributed by atoms with Gasteiger partial charge in [0.15, 0.2) is 0 Å². The van der Waals surface area contributed by atoms with Gasteiger partial charge in [-0.05, 0) is 44.4 Å². The van der Waals surface area contributed by atoms with Crippen molar-refractivity contribution in [1.82, 2.24) is 20.0 Å². The van der Waals surface area contributed by atoms with Crippen molar-refractivity contribution >= 4 is 17.1 Å². The van der Waals surface area contributed by atoms with Crippen molar-refractivity contribution < 1.29 is 18.8 Å². The fraction of sp³-hybridized carbons (Fsp3) is 0.476. The van der Waals surface area contributed by atoms with E-state index in [1.54, 1.807) is 7.11 Å². The molecule has 1 N–H and O–H groups in total. The number of ether oxygens (including phenoxy) is 2. The molecule has 3 heterocycles. The molecule has 1 aromatic carbocycles. The molecule has 5 rings (SSSR count). The number of cyclic esters (lactones) is 1. The number of fused-ring (bicyclic) bond motifs is 1. The van der Waals surface area contributed by atoms with Crippen LogP contribution in [0.5, 0.6) is 0 Å².